The molecule has 1 aliphatic rings. The molecule has 11 heteroatoms. The number of nitrogens with zero attached hydrogens (tertiary/aromatic N) is 4. The second kappa shape index (κ2) is 8.52. The summed E-state index contributed by atoms with van der Waals surface area (Å²) in [5.74, 6) is 0.328. The number of halogens is 1. The molecule has 4 rings (SSSR count). The molecular weight excluding hydrogens is 554 g/mol. The van der Waals surface area contributed by atoms with Crippen LogP contribution in [0.4, 0.5) is 5.82 Å². The van der Waals surface area contributed by atoms with Crippen molar-refractivity contribution in [3.63, 3.8) is 0 Å². The van der Waals surface area contributed by atoms with E-state index in [4.69, 9.17) is 0 Å². The minimum absolute atomic E-state index is 0.266. The summed E-state index contributed by atoms with van der Waals surface area (Å²) >= 11 is 1.90. The van der Waals surface area contributed by atoms with Crippen LogP contribution in [-0.4, -0.2) is 69.9 Å². The van der Waals surface area contributed by atoms with Crippen LogP contribution in [0.25, 0.3) is 11.2 Å². The van der Waals surface area contributed by atoms with E-state index in [0.29, 0.717) is 23.5 Å². The van der Waals surface area contributed by atoms with E-state index in [-0.39, 0.29) is 20.9 Å². The van der Waals surface area contributed by atoms with E-state index >= 15 is 0 Å². The Bertz CT molecular complexity index is 1050. The van der Waals surface area contributed by atoms with Gasteiger partial charge in [-0.1, -0.05) is 0 Å². The molecule has 0 saturated carbocycles. The summed E-state index contributed by atoms with van der Waals surface area (Å²) in [6.45, 7) is 0.587. The number of aliphatic hydroxyl groups excluding tert-OH is 2. The third kappa shape index (κ3) is 3.97. The van der Waals surface area contributed by atoms with Crippen LogP contribution in [0.5, 0.6) is 0 Å². The van der Waals surface area contributed by atoms with Gasteiger partial charge < -0.3 is 0 Å². The molecule has 4 N–H and O–H groups in total. The molecular formula is C18H19IN6O3Se. The molecule has 0 spiro atoms. The second-order valence-corrected chi connectivity index (χ2v) is 10.5. The Hall–Kier alpha value is -1.79. The number of amides is 1. The van der Waals surface area contributed by atoms with Crippen molar-refractivity contribution in [1.29, 1.82) is 0 Å². The number of aliphatic hydroxyl groups is 2. The Morgan fingerprint density at radius 3 is 2.86 bits per heavy atom. The van der Waals surface area contributed by atoms with Crippen molar-refractivity contribution in [2.75, 3.05) is 12.4 Å². The normalized spacial score (nSPS) is 24.0. The first kappa shape index (κ1) is 20.5. The summed E-state index contributed by atoms with van der Waals surface area (Å²) in [6, 6.07) is 8.15. The average Bonchev–Trinajstić information content (AvgIpc) is 3.28. The predicted molar refractivity (Wildman–Crippen MR) is 116 cm³/mol. The molecule has 3 heterocycles. The summed E-state index contributed by atoms with van der Waals surface area (Å²) in [7, 11) is 1.52. The molecule has 0 unspecified atom stereocenters. The fraction of sp³-hybridized carbons (Fsp3) is 0.333. The standard InChI is InChI=1S/C18H19IN6O3Se/c1-20-17(28)14-12(26)13(27)18(29-14)25-8-24-11-15(22-7-23-16(11)25)21-6-9-3-2-4-10(19)5-9/h2-5,7-8,12-14,18,26-27H,6H2,1H3,(H,20,28)(H,21,22,23)/t12-,13+,14+,18+/m0/s1. The van der Waals surface area contributed by atoms with Crippen molar-refractivity contribution < 1.29 is 15.0 Å². The fourth-order valence-electron chi connectivity index (χ4n) is 3.25. The van der Waals surface area contributed by atoms with Gasteiger partial charge in [-0.15, -0.1) is 0 Å². The van der Waals surface area contributed by atoms with Crippen LogP contribution >= 0.6 is 22.6 Å². The predicted octanol–water partition coefficient (Wildman–Crippen LogP) is 0.516. The molecule has 0 aliphatic carbocycles. The summed E-state index contributed by atoms with van der Waals surface area (Å²) in [6.07, 6.45) is 0.855. The van der Waals surface area contributed by atoms with E-state index in [1.165, 1.54) is 13.4 Å². The van der Waals surface area contributed by atoms with Gasteiger partial charge >= 0.3 is 187 Å². The number of hydrogen-bond acceptors (Lipinski definition) is 7. The number of fused-ring (bicyclic) bond motifs is 1. The summed E-state index contributed by atoms with van der Waals surface area (Å²) in [4.78, 5) is 24.0. The van der Waals surface area contributed by atoms with Gasteiger partial charge in [-0.3, -0.25) is 0 Å². The zero-order valence-electron chi connectivity index (χ0n) is 15.4. The fourth-order valence-corrected chi connectivity index (χ4v) is 6.94. The molecule has 2 aromatic heterocycles. The Morgan fingerprint density at radius 1 is 1.28 bits per heavy atom. The van der Waals surface area contributed by atoms with Gasteiger partial charge in [-0.25, -0.2) is 0 Å². The third-order valence-electron chi connectivity index (χ3n) is 4.73. The van der Waals surface area contributed by atoms with Gasteiger partial charge in [0.05, 0.1) is 0 Å². The van der Waals surface area contributed by atoms with Gasteiger partial charge in [0.1, 0.15) is 0 Å². The van der Waals surface area contributed by atoms with E-state index in [2.05, 4.69) is 54.2 Å². The van der Waals surface area contributed by atoms with E-state index < -0.39 is 22.0 Å². The minimum atomic E-state index is -1.11. The number of benzene rings is 1. The topological polar surface area (TPSA) is 125 Å². The van der Waals surface area contributed by atoms with Crippen LogP contribution < -0.4 is 10.6 Å². The second-order valence-electron chi connectivity index (χ2n) is 6.57. The molecule has 0 bridgehead atoms. The molecule has 4 atom stereocenters. The Morgan fingerprint density at radius 2 is 2.10 bits per heavy atom. The van der Waals surface area contributed by atoms with Crippen molar-refractivity contribution in [1.82, 2.24) is 24.8 Å². The third-order valence-corrected chi connectivity index (χ3v) is 8.69. The van der Waals surface area contributed by atoms with Crippen LogP contribution in [0.2, 0.25) is 4.82 Å². The number of rotatable bonds is 5. The van der Waals surface area contributed by atoms with Crippen LogP contribution in [0, 0.1) is 3.57 Å². The average molecular weight is 573 g/mol. The summed E-state index contributed by atoms with van der Waals surface area (Å²) in [5, 5.41) is 26.7. The number of hydrogen-bond donors (Lipinski definition) is 4. The zero-order chi connectivity index (χ0) is 20.5. The van der Waals surface area contributed by atoms with E-state index in [1.807, 2.05) is 18.2 Å². The molecule has 152 valence electrons. The monoisotopic (exact) mass is 574 g/mol. The first-order valence-electron chi connectivity index (χ1n) is 8.88. The van der Waals surface area contributed by atoms with Gasteiger partial charge in [0.15, 0.2) is 0 Å². The van der Waals surface area contributed by atoms with E-state index in [1.54, 1.807) is 10.9 Å². The Balaban J connectivity index is 1.60. The number of carbonyl (C=O) groups excluding carboxylic acids is 1. The van der Waals surface area contributed by atoms with Gasteiger partial charge in [0.2, 0.25) is 0 Å². The van der Waals surface area contributed by atoms with Crippen LogP contribution in [-0.2, 0) is 11.3 Å². The van der Waals surface area contributed by atoms with Crippen molar-refractivity contribution in [2.24, 2.45) is 0 Å². The van der Waals surface area contributed by atoms with Gasteiger partial charge in [-0.2, -0.15) is 0 Å². The molecule has 1 fully saturated rings. The molecule has 29 heavy (non-hydrogen) atoms. The molecule has 1 aromatic carbocycles. The Labute approximate surface area is 186 Å². The van der Waals surface area contributed by atoms with E-state index in [0.717, 1.165) is 9.13 Å². The van der Waals surface area contributed by atoms with Gasteiger partial charge in [0, 0.05) is 0 Å². The number of nitrogens with one attached hydrogen (secondary N) is 2. The first-order chi connectivity index (χ1) is 14.0. The van der Waals surface area contributed by atoms with Crippen LogP contribution in [0.15, 0.2) is 36.9 Å². The SMILES string of the molecule is CNC(=O)[C@@H]1[Se][C@@H](n2cnc3c(NCc4cccc(I)c4)ncnc32)[C@H](O)[C@@H]1O. The summed E-state index contributed by atoms with van der Waals surface area (Å²) < 4.78 is 2.89. The maximum atomic E-state index is 12.0. The zero-order valence-corrected chi connectivity index (χ0v) is 19.2. The molecule has 1 saturated heterocycles. The number of carbonyl (C=O) groups is 1. The molecule has 0 radical (unpaired) electrons. The maximum absolute atomic E-state index is 12.0. The first-order valence-corrected chi connectivity index (χ1v) is 11.9. The molecule has 3 aromatic rings. The van der Waals surface area contributed by atoms with Crippen molar-refractivity contribution in [3.8, 4) is 0 Å². The Kier molecular flexibility index (Phi) is 6.02. The molecule has 9 nitrogen and oxygen atoms in total. The quantitative estimate of drug-likeness (QED) is 0.259. The van der Waals surface area contributed by atoms with Crippen LogP contribution in [0.1, 0.15) is 10.5 Å². The van der Waals surface area contributed by atoms with Gasteiger partial charge in [0.25, 0.3) is 0 Å². The molecule has 1 amide bonds. The van der Waals surface area contributed by atoms with Crippen molar-refractivity contribution in [3.05, 3.63) is 46.1 Å². The van der Waals surface area contributed by atoms with Crippen LogP contribution in [0.3, 0.4) is 0 Å². The number of anilines is 1. The van der Waals surface area contributed by atoms with Crippen molar-refractivity contribution in [2.45, 2.75) is 28.5 Å². The van der Waals surface area contributed by atoms with E-state index in [9.17, 15) is 15.0 Å². The number of imidazole rings is 1. The summed E-state index contributed by atoms with van der Waals surface area (Å²) in [5.41, 5.74) is 2.26. The molecule has 1 aliphatic heterocycles. The number of aromatic nitrogens is 4. The van der Waals surface area contributed by atoms with Gasteiger partial charge in [-0.05, 0) is 0 Å². The van der Waals surface area contributed by atoms with Crippen molar-refractivity contribution >= 4 is 60.4 Å².